The Bertz CT molecular complexity index is 213. The van der Waals surface area contributed by atoms with Gasteiger partial charge in [-0.1, -0.05) is 33.8 Å². The third kappa shape index (κ3) is 1.69. The van der Waals surface area contributed by atoms with Gasteiger partial charge in [0.05, 0.1) is 0 Å². The average Bonchev–Trinajstić information content (AvgIpc) is 2.83. The molecule has 1 fully saturated rings. The van der Waals surface area contributed by atoms with Crippen molar-refractivity contribution in [2.45, 2.75) is 52.6 Å². The summed E-state index contributed by atoms with van der Waals surface area (Å²) in [4.78, 5) is 2.63. The van der Waals surface area contributed by atoms with E-state index in [1.165, 1.54) is 12.8 Å². The second-order valence-electron chi connectivity index (χ2n) is 5.58. The lowest BCUT2D eigenvalue weighted by Crippen LogP contribution is -2.39. The maximum absolute atomic E-state index is 2.63. The summed E-state index contributed by atoms with van der Waals surface area (Å²) in [5, 5.41) is 0. The summed E-state index contributed by atoms with van der Waals surface area (Å²) < 4.78 is 0. The standard InChI is InChI=1S/C13H23N/c1-9(2)12-7-8-14(11-5-6-11)13(12)10(3)4/h7-13H,5-6H2,1-4H3. The van der Waals surface area contributed by atoms with Crippen molar-refractivity contribution in [3.05, 3.63) is 12.3 Å². The SMILES string of the molecule is CC(C)C1C=CN(C2CC2)C1C(C)C. The molecule has 2 aliphatic rings. The van der Waals surface area contributed by atoms with Crippen LogP contribution in [0.5, 0.6) is 0 Å². The highest BCUT2D eigenvalue weighted by Gasteiger charge is 2.40. The van der Waals surface area contributed by atoms with Gasteiger partial charge in [-0.05, 0) is 30.9 Å². The van der Waals surface area contributed by atoms with Gasteiger partial charge in [-0.15, -0.1) is 0 Å². The highest BCUT2D eigenvalue weighted by Crippen LogP contribution is 2.39. The van der Waals surface area contributed by atoms with E-state index in [4.69, 9.17) is 0 Å². The quantitative estimate of drug-likeness (QED) is 0.665. The molecule has 14 heavy (non-hydrogen) atoms. The molecule has 1 aliphatic heterocycles. The fourth-order valence-corrected chi connectivity index (χ4v) is 2.75. The van der Waals surface area contributed by atoms with Crippen LogP contribution in [0.2, 0.25) is 0 Å². The van der Waals surface area contributed by atoms with Crippen LogP contribution in [0.25, 0.3) is 0 Å². The summed E-state index contributed by atoms with van der Waals surface area (Å²) in [5.41, 5.74) is 0. The molecule has 0 amide bonds. The molecule has 1 nitrogen and oxygen atoms in total. The summed E-state index contributed by atoms with van der Waals surface area (Å²) in [6.07, 6.45) is 7.64. The van der Waals surface area contributed by atoms with Crippen LogP contribution in [0.1, 0.15) is 40.5 Å². The van der Waals surface area contributed by atoms with Crippen LogP contribution in [-0.4, -0.2) is 17.0 Å². The fourth-order valence-electron chi connectivity index (χ4n) is 2.75. The monoisotopic (exact) mass is 193 g/mol. The molecule has 0 radical (unpaired) electrons. The molecule has 0 saturated heterocycles. The predicted octanol–water partition coefficient (Wildman–Crippen LogP) is 3.27. The Morgan fingerprint density at radius 3 is 2.14 bits per heavy atom. The first kappa shape index (κ1) is 10.1. The Hall–Kier alpha value is -0.460. The Morgan fingerprint density at radius 1 is 1.07 bits per heavy atom. The molecule has 0 bridgehead atoms. The first-order valence-corrected chi connectivity index (χ1v) is 6.07. The number of rotatable bonds is 3. The summed E-state index contributed by atoms with van der Waals surface area (Å²) in [5.74, 6) is 2.33. The molecule has 1 heteroatoms. The van der Waals surface area contributed by atoms with E-state index in [1.807, 2.05) is 0 Å². The number of hydrogen-bond donors (Lipinski definition) is 0. The van der Waals surface area contributed by atoms with Crippen molar-refractivity contribution in [2.75, 3.05) is 0 Å². The fraction of sp³-hybridized carbons (Fsp3) is 0.846. The summed E-state index contributed by atoms with van der Waals surface area (Å²) in [7, 11) is 0. The molecular weight excluding hydrogens is 170 g/mol. The molecule has 1 aliphatic carbocycles. The lowest BCUT2D eigenvalue weighted by molar-refractivity contribution is 0.166. The second-order valence-corrected chi connectivity index (χ2v) is 5.58. The molecule has 2 unspecified atom stereocenters. The van der Waals surface area contributed by atoms with E-state index in [9.17, 15) is 0 Å². The van der Waals surface area contributed by atoms with Gasteiger partial charge in [-0.25, -0.2) is 0 Å². The van der Waals surface area contributed by atoms with Gasteiger partial charge < -0.3 is 4.90 Å². The minimum absolute atomic E-state index is 0.766. The normalized spacial score (nSPS) is 32.3. The highest BCUT2D eigenvalue weighted by molar-refractivity contribution is 5.10. The maximum atomic E-state index is 2.63. The molecule has 0 aromatic carbocycles. The Morgan fingerprint density at radius 2 is 1.71 bits per heavy atom. The highest BCUT2D eigenvalue weighted by atomic mass is 15.2. The average molecular weight is 193 g/mol. The van der Waals surface area contributed by atoms with E-state index in [2.05, 4.69) is 44.9 Å². The van der Waals surface area contributed by atoms with Crippen molar-refractivity contribution < 1.29 is 0 Å². The summed E-state index contributed by atoms with van der Waals surface area (Å²) in [6.45, 7) is 9.42. The van der Waals surface area contributed by atoms with Crippen LogP contribution >= 0.6 is 0 Å². The topological polar surface area (TPSA) is 3.24 Å². The zero-order chi connectivity index (χ0) is 10.3. The molecule has 80 valence electrons. The van der Waals surface area contributed by atoms with Crippen LogP contribution in [0, 0.1) is 17.8 Å². The molecule has 0 aromatic rings. The van der Waals surface area contributed by atoms with Crippen molar-refractivity contribution in [1.29, 1.82) is 0 Å². The largest absolute Gasteiger partial charge is 0.371 e. The molecule has 2 rings (SSSR count). The van der Waals surface area contributed by atoms with Gasteiger partial charge in [0.1, 0.15) is 0 Å². The smallest absolute Gasteiger partial charge is 0.0376 e. The minimum atomic E-state index is 0.766. The molecular formula is C13H23N. The van der Waals surface area contributed by atoms with Crippen molar-refractivity contribution in [1.82, 2.24) is 4.90 Å². The van der Waals surface area contributed by atoms with Crippen LogP contribution in [0.4, 0.5) is 0 Å². The molecule has 1 saturated carbocycles. The van der Waals surface area contributed by atoms with Crippen molar-refractivity contribution in [3.63, 3.8) is 0 Å². The Labute approximate surface area is 88.2 Å². The van der Waals surface area contributed by atoms with Crippen molar-refractivity contribution in [3.8, 4) is 0 Å². The number of hydrogen-bond acceptors (Lipinski definition) is 1. The van der Waals surface area contributed by atoms with Crippen molar-refractivity contribution in [2.24, 2.45) is 17.8 Å². The van der Waals surface area contributed by atoms with E-state index in [0.717, 1.165) is 29.8 Å². The Balaban J connectivity index is 2.10. The van der Waals surface area contributed by atoms with Gasteiger partial charge in [0.2, 0.25) is 0 Å². The van der Waals surface area contributed by atoms with Gasteiger partial charge in [-0.3, -0.25) is 0 Å². The predicted molar refractivity (Wildman–Crippen MR) is 61.0 cm³/mol. The van der Waals surface area contributed by atoms with E-state index < -0.39 is 0 Å². The van der Waals surface area contributed by atoms with Crippen LogP contribution in [0.3, 0.4) is 0 Å². The van der Waals surface area contributed by atoms with Gasteiger partial charge in [-0.2, -0.15) is 0 Å². The maximum Gasteiger partial charge on any atom is 0.0376 e. The molecule has 2 atom stereocenters. The van der Waals surface area contributed by atoms with Gasteiger partial charge in [0.25, 0.3) is 0 Å². The zero-order valence-corrected chi connectivity index (χ0v) is 9.90. The lowest BCUT2D eigenvalue weighted by Gasteiger charge is -2.34. The first-order valence-electron chi connectivity index (χ1n) is 6.07. The zero-order valence-electron chi connectivity index (χ0n) is 9.90. The van der Waals surface area contributed by atoms with E-state index in [1.54, 1.807) is 0 Å². The van der Waals surface area contributed by atoms with Gasteiger partial charge in [0, 0.05) is 18.0 Å². The third-order valence-electron chi connectivity index (χ3n) is 3.64. The van der Waals surface area contributed by atoms with Crippen LogP contribution in [0.15, 0.2) is 12.3 Å². The summed E-state index contributed by atoms with van der Waals surface area (Å²) in [6, 6.07) is 1.64. The third-order valence-corrected chi connectivity index (χ3v) is 3.64. The molecule has 1 heterocycles. The molecule has 0 N–H and O–H groups in total. The van der Waals surface area contributed by atoms with E-state index >= 15 is 0 Å². The first-order chi connectivity index (χ1) is 6.61. The lowest BCUT2D eigenvalue weighted by atomic mass is 9.84. The van der Waals surface area contributed by atoms with Crippen LogP contribution < -0.4 is 0 Å². The van der Waals surface area contributed by atoms with Crippen molar-refractivity contribution >= 4 is 0 Å². The minimum Gasteiger partial charge on any atom is -0.371 e. The van der Waals surface area contributed by atoms with Gasteiger partial charge in [0.15, 0.2) is 0 Å². The van der Waals surface area contributed by atoms with E-state index in [0.29, 0.717) is 0 Å². The molecule has 0 spiro atoms. The number of nitrogens with zero attached hydrogens (tertiary/aromatic N) is 1. The summed E-state index contributed by atoms with van der Waals surface area (Å²) >= 11 is 0. The molecule has 0 aromatic heterocycles. The second kappa shape index (κ2) is 3.60. The Kier molecular flexibility index (Phi) is 2.59. The van der Waals surface area contributed by atoms with Gasteiger partial charge >= 0.3 is 0 Å². The van der Waals surface area contributed by atoms with E-state index in [-0.39, 0.29) is 0 Å². The van der Waals surface area contributed by atoms with Crippen LogP contribution in [-0.2, 0) is 0 Å².